The molecule has 3 heterocycles. The number of benzene rings is 1. The molecule has 1 aromatic carbocycles. The molecule has 1 aliphatic rings. The Hall–Kier alpha value is -2.04. The number of amides is 1. The molecule has 4 rings (SSSR count). The molecule has 1 saturated heterocycles. The third kappa shape index (κ3) is 2.76. The molecule has 0 aliphatic carbocycles. The smallest absolute Gasteiger partial charge is 0.290 e. The van der Waals surface area contributed by atoms with Crippen molar-refractivity contribution in [3.63, 3.8) is 0 Å². The van der Waals surface area contributed by atoms with Crippen molar-refractivity contribution < 1.29 is 9.21 Å². The van der Waals surface area contributed by atoms with E-state index in [1.54, 1.807) is 17.4 Å². The highest BCUT2D eigenvalue weighted by atomic mass is 35.5. The molecule has 24 heavy (non-hydrogen) atoms. The second-order valence-electron chi connectivity index (χ2n) is 5.82. The van der Waals surface area contributed by atoms with Gasteiger partial charge in [-0.15, -0.1) is 11.3 Å². The van der Waals surface area contributed by atoms with Crippen LogP contribution < -0.4 is 0 Å². The van der Waals surface area contributed by atoms with E-state index in [-0.39, 0.29) is 11.9 Å². The topological polar surface area (TPSA) is 33.5 Å². The first-order valence-corrected chi connectivity index (χ1v) is 9.19. The van der Waals surface area contributed by atoms with Gasteiger partial charge in [0, 0.05) is 17.0 Å². The second-order valence-corrected chi connectivity index (χ2v) is 7.20. The quantitative estimate of drug-likeness (QED) is 0.607. The van der Waals surface area contributed by atoms with Crippen LogP contribution in [0, 0.1) is 0 Å². The SMILES string of the molecule is O=C(c1ccc(-c2ccccc2Cl)o1)N1CCCC1c1cccs1. The Morgan fingerprint density at radius 2 is 2.04 bits per heavy atom. The summed E-state index contributed by atoms with van der Waals surface area (Å²) in [6.45, 7) is 0.767. The molecule has 1 amide bonds. The van der Waals surface area contributed by atoms with Crippen molar-refractivity contribution in [2.45, 2.75) is 18.9 Å². The standard InChI is InChI=1S/C19H16ClNO2S/c20-14-6-2-1-5-13(14)16-9-10-17(23-16)19(22)21-11-3-7-15(21)18-8-4-12-24-18/h1-2,4-6,8-10,12,15H,3,7,11H2. The normalized spacial score (nSPS) is 17.4. The number of rotatable bonds is 3. The molecule has 1 atom stereocenters. The van der Waals surface area contributed by atoms with Crippen LogP contribution >= 0.6 is 22.9 Å². The predicted octanol–water partition coefficient (Wildman–Crippen LogP) is 5.64. The molecule has 0 saturated carbocycles. The van der Waals surface area contributed by atoms with Crippen LogP contribution in [0.25, 0.3) is 11.3 Å². The molecule has 2 aromatic heterocycles. The summed E-state index contributed by atoms with van der Waals surface area (Å²) >= 11 is 7.91. The Morgan fingerprint density at radius 1 is 1.17 bits per heavy atom. The Morgan fingerprint density at radius 3 is 2.83 bits per heavy atom. The molecule has 5 heteroatoms. The number of carbonyl (C=O) groups excluding carboxylic acids is 1. The van der Waals surface area contributed by atoms with Crippen LogP contribution in [0.4, 0.5) is 0 Å². The van der Waals surface area contributed by atoms with Crippen LogP contribution in [0.15, 0.2) is 58.3 Å². The van der Waals surface area contributed by atoms with Crippen LogP contribution in [0.1, 0.15) is 34.3 Å². The van der Waals surface area contributed by atoms with Gasteiger partial charge in [-0.05, 0) is 48.6 Å². The summed E-state index contributed by atoms with van der Waals surface area (Å²) in [4.78, 5) is 16.0. The molecule has 1 aliphatic heterocycles. The molecule has 1 unspecified atom stereocenters. The van der Waals surface area contributed by atoms with E-state index in [1.807, 2.05) is 41.3 Å². The first-order valence-electron chi connectivity index (χ1n) is 7.93. The van der Waals surface area contributed by atoms with Gasteiger partial charge in [0.1, 0.15) is 5.76 Å². The average molecular weight is 358 g/mol. The Balaban J connectivity index is 1.60. The van der Waals surface area contributed by atoms with Gasteiger partial charge in [-0.3, -0.25) is 4.79 Å². The highest BCUT2D eigenvalue weighted by Crippen LogP contribution is 2.36. The summed E-state index contributed by atoms with van der Waals surface area (Å²) < 4.78 is 5.82. The van der Waals surface area contributed by atoms with Gasteiger partial charge >= 0.3 is 0 Å². The molecule has 3 nitrogen and oxygen atoms in total. The lowest BCUT2D eigenvalue weighted by Crippen LogP contribution is -2.29. The summed E-state index contributed by atoms with van der Waals surface area (Å²) in [6.07, 6.45) is 2.02. The number of carbonyl (C=O) groups is 1. The lowest BCUT2D eigenvalue weighted by Gasteiger charge is -2.22. The summed E-state index contributed by atoms with van der Waals surface area (Å²) in [5.41, 5.74) is 0.800. The molecule has 1 fully saturated rings. The van der Waals surface area contributed by atoms with Crippen LogP contribution in [-0.4, -0.2) is 17.4 Å². The fourth-order valence-corrected chi connectivity index (χ4v) is 4.29. The van der Waals surface area contributed by atoms with Gasteiger partial charge in [0.15, 0.2) is 5.76 Å². The van der Waals surface area contributed by atoms with Gasteiger partial charge in [0.05, 0.1) is 11.1 Å². The van der Waals surface area contributed by atoms with Crippen molar-refractivity contribution in [3.8, 4) is 11.3 Å². The number of hydrogen-bond donors (Lipinski definition) is 0. The third-order valence-corrected chi connectivity index (χ3v) is 5.64. The molecule has 0 bridgehead atoms. The van der Waals surface area contributed by atoms with Crippen LogP contribution in [0.3, 0.4) is 0 Å². The van der Waals surface area contributed by atoms with E-state index in [0.717, 1.165) is 24.9 Å². The molecule has 0 radical (unpaired) electrons. The first kappa shape index (κ1) is 15.5. The van der Waals surface area contributed by atoms with Gasteiger partial charge in [0.2, 0.25) is 0 Å². The predicted molar refractivity (Wildman–Crippen MR) is 96.5 cm³/mol. The molecule has 3 aromatic rings. The van der Waals surface area contributed by atoms with E-state index in [4.69, 9.17) is 16.0 Å². The largest absolute Gasteiger partial charge is 0.451 e. The minimum atomic E-state index is -0.0517. The van der Waals surface area contributed by atoms with Gasteiger partial charge in [-0.1, -0.05) is 29.8 Å². The summed E-state index contributed by atoms with van der Waals surface area (Å²) in [5, 5.41) is 2.67. The number of nitrogens with zero attached hydrogens (tertiary/aromatic N) is 1. The van der Waals surface area contributed by atoms with E-state index >= 15 is 0 Å². The number of furan rings is 1. The fraction of sp³-hybridized carbons (Fsp3) is 0.211. The maximum atomic E-state index is 12.9. The number of hydrogen-bond acceptors (Lipinski definition) is 3. The lowest BCUT2D eigenvalue weighted by atomic mass is 10.2. The zero-order chi connectivity index (χ0) is 16.5. The molecule has 0 spiro atoms. The summed E-state index contributed by atoms with van der Waals surface area (Å²) in [5.74, 6) is 0.938. The van der Waals surface area contributed by atoms with Crippen LogP contribution in [0.5, 0.6) is 0 Å². The Labute approximate surface area is 149 Å². The van der Waals surface area contributed by atoms with Crippen molar-refractivity contribution >= 4 is 28.8 Å². The highest BCUT2D eigenvalue weighted by molar-refractivity contribution is 7.10. The molecule has 0 N–H and O–H groups in total. The summed E-state index contributed by atoms with van der Waals surface area (Å²) in [7, 11) is 0. The van der Waals surface area contributed by atoms with Crippen molar-refractivity contribution in [1.82, 2.24) is 4.90 Å². The third-order valence-electron chi connectivity index (χ3n) is 4.34. The van der Waals surface area contributed by atoms with Gasteiger partial charge in [-0.2, -0.15) is 0 Å². The number of halogens is 1. The number of likely N-dealkylation sites (tertiary alicyclic amines) is 1. The van der Waals surface area contributed by atoms with E-state index in [1.165, 1.54) is 4.88 Å². The van der Waals surface area contributed by atoms with Gasteiger partial charge in [0.25, 0.3) is 5.91 Å². The van der Waals surface area contributed by atoms with E-state index in [2.05, 4.69) is 11.4 Å². The monoisotopic (exact) mass is 357 g/mol. The van der Waals surface area contributed by atoms with Crippen LogP contribution in [-0.2, 0) is 0 Å². The fourth-order valence-electron chi connectivity index (χ4n) is 3.19. The minimum Gasteiger partial charge on any atom is -0.451 e. The van der Waals surface area contributed by atoms with Gasteiger partial charge < -0.3 is 9.32 Å². The van der Waals surface area contributed by atoms with Crippen molar-refractivity contribution in [3.05, 3.63) is 69.6 Å². The van der Waals surface area contributed by atoms with E-state index < -0.39 is 0 Å². The second kappa shape index (κ2) is 6.46. The first-order chi connectivity index (χ1) is 11.7. The maximum absolute atomic E-state index is 12.9. The highest BCUT2D eigenvalue weighted by Gasteiger charge is 2.32. The molecular formula is C19H16ClNO2S. The van der Waals surface area contributed by atoms with E-state index in [9.17, 15) is 4.79 Å². The zero-order valence-electron chi connectivity index (χ0n) is 12.9. The Bertz CT molecular complexity index is 856. The van der Waals surface area contributed by atoms with Gasteiger partial charge in [-0.25, -0.2) is 0 Å². The minimum absolute atomic E-state index is 0.0517. The zero-order valence-corrected chi connectivity index (χ0v) is 14.5. The lowest BCUT2D eigenvalue weighted by molar-refractivity contribution is 0.0706. The maximum Gasteiger partial charge on any atom is 0.290 e. The summed E-state index contributed by atoms with van der Waals surface area (Å²) in [6, 6.07) is 15.3. The number of thiophene rings is 1. The van der Waals surface area contributed by atoms with Crippen molar-refractivity contribution in [2.24, 2.45) is 0 Å². The molecule has 122 valence electrons. The average Bonchev–Trinajstić information content (AvgIpc) is 3.34. The van der Waals surface area contributed by atoms with Crippen LogP contribution in [0.2, 0.25) is 5.02 Å². The van der Waals surface area contributed by atoms with E-state index in [0.29, 0.717) is 16.5 Å². The molecular weight excluding hydrogens is 342 g/mol. The van der Waals surface area contributed by atoms with Crippen molar-refractivity contribution in [2.75, 3.05) is 6.54 Å². The Kier molecular flexibility index (Phi) is 4.17. The van der Waals surface area contributed by atoms with Crippen molar-refractivity contribution in [1.29, 1.82) is 0 Å².